The molecule has 2 heterocycles. The Labute approximate surface area is 98.8 Å². The van der Waals surface area contributed by atoms with Gasteiger partial charge in [-0.15, -0.1) is 0 Å². The lowest BCUT2D eigenvalue weighted by Gasteiger charge is -2.08. The number of hydrogen-bond acceptors (Lipinski definition) is 4. The van der Waals surface area contributed by atoms with Gasteiger partial charge in [0, 0.05) is 19.2 Å². The predicted molar refractivity (Wildman–Crippen MR) is 59.7 cm³/mol. The zero-order valence-corrected chi connectivity index (χ0v) is 9.56. The van der Waals surface area contributed by atoms with E-state index < -0.39 is 0 Å². The Morgan fingerprint density at radius 1 is 1.53 bits per heavy atom. The van der Waals surface area contributed by atoms with Crippen molar-refractivity contribution in [1.82, 2.24) is 20.6 Å². The number of nitrogens with one attached hydrogen (secondary N) is 2. The highest BCUT2D eigenvalue weighted by atomic mass is 16.2. The van der Waals surface area contributed by atoms with E-state index in [0.717, 1.165) is 5.69 Å². The summed E-state index contributed by atoms with van der Waals surface area (Å²) < 4.78 is 0. The summed E-state index contributed by atoms with van der Waals surface area (Å²) in [7, 11) is 0. The van der Waals surface area contributed by atoms with Crippen LogP contribution in [0.1, 0.15) is 17.8 Å². The molecule has 0 aliphatic carbocycles. The van der Waals surface area contributed by atoms with Crippen molar-refractivity contribution < 1.29 is 9.59 Å². The Hall–Kier alpha value is -1.98. The van der Waals surface area contributed by atoms with Crippen molar-refractivity contribution >= 4 is 11.8 Å². The molecule has 6 nitrogen and oxygen atoms in total. The van der Waals surface area contributed by atoms with Crippen molar-refractivity contribution in [2.45, 2.75) is 19.9 Å². The van der Waals surface area contributed by atoms with Crippen LogP contribution in [0.4, 0.5) is 0 Å². The van der Waals surface area contributed by atoms with E-state index >= 15 is 0 Å². The number of hydrogen-bond donors (Lipinski definition) is 2. The molecule has 17 heavy (non-hydrogen) atoms. The molecule has 1 saturated heterocycles. The van der Waals surface area contributed by atoms with Gasteiger partial charge in [0.05, 0.1) is 30.0 Å². The number of rotatable bonds is 3. The van der Waals surface area contributed by atoms with Crippen LogP contribution < -0.4 is 10.6 Å². The van der Waals surface area contributed by atoms with Gasteiger partial charge in [0.15, 0.2) is 0 Å². The molecule has 2 amide bonds. The minimum absolute atomic E-state index is 0.0692. The van der Waals surface area contributed by atoms with Crippen molar-refractivity contribution in [1.29, 1.82) is 0 Å². The van der Waals surface area contributed by atoms with Crippen molar-refractivity contribution in [2.24, 2.45) is 5.92 Å². The fraction of sp³-hybridized carbons (Fsp3) is 0.455. The summed E-state index contributed by atoms with van der Waals surface area (Å²) in [5.41, 5.74) is 1.55. The summed E-state index contributed by atoms with van der Waals surface area (Å²) in [5.74, 6) is -0.452. The summed E-state index contributed by atoms with van der Waals surface area (Å²) in [6, 6.07) is 0. The van der Waals surface area contributed by atoms with Crippen LogP contribution in [0.15, 0.2) is 12.4 Å². The second kappa shape index (κ2) is 4.90. The molecule has 0 bridgehead atoms. The van der Waals surface area contributed by atoms with Crippen LogP contribution >= 0.6 is 0 Å². The highest BCUT2D eigenvalue weighted by Gasteiger charge is 2.27. The molecule has 2 rings (SSSR count). The third-order valence-electron chi connectivity index (χ3n) is 2.63. The van der Waals surface area contributed by atoms with E-state index in [1.807, 2.05) is 6.92 Å². The molecule has 6 heteroatoms. The predicted octanol–water partition coefficient (Wildman–Crippen LogP) is -0.463. The topological polar surface area (TPSA) is 84.0 Å². The van der Waals surface area contributed by atoms with E-state index in [0.29, 0.717) is 18.8 Å². The van der Waals surface area contributed by atoms with E-state index in [1.54, 1.807) is 12.4 Å². The minimum Gasteiger partial charge on any atom is -0.355 e. The first kappa shape index (κ1) is 11.5. The third-order valence-corrected chi connectivity index (χ3v) is 2.63. The van der Waals surface area contributed by atoms with Crippen LogP contribution in [0.5, 0.6) is 0 Å². The average molecular weight is 234 g/mol. The molecule has 1 aliphatic heterocycles. The number of aryl methyl sites for hydroxylation is 1. The SMILES string of the molecule is Cc1cnc(CNC(=O)C2CNC(=O)C2)cn1. The molecule has 0 saturated carbocycles. The van der Waals surface area contributed by atoms with Crippen molar-refractivity contribution in [2.75, 3.05) is 6.54 Å². The van der Waals surface area contributed by atoms with Gasteiger partial charge in [-0.2, -0.15) is 0 Å². The Bertz CT molecular complexity index is 430. The van der Waals surface area contributed by atoms with Gasteiger partial charge in [0.2, 0.25) is 11.8 Å². The van der Waals surface area contributed by atoms with E-state index in [4.69, 9.17) is 0 Å². The zero-order valence-electron chi connectivity index (χ0n) is 9.56. The van der Waals surface area contributed by atoms with Crippen LogP contribution in [0, 0.1) is 12.8 Å². The largest absolute Gasteiger partial charge is 0.355 e. The maximum Gasteiger partial charge on any atom is 0.225 e. The Balaban J connectivity index is 1.84. The number of carbonyl (C=O) groups is 2. The van der Waals surface area contributed by atoms with Crippen LogP contribution in [-0.4, -0.2) is 28.3 Å². The molecule has 1 aromatic rings. The molecule has 90 valence electrons. The number of aromatic nitrogens is 2. The fourth-order valence-corrected chi connectivity index (χ4v) is 1.62. The lowest BCUT2D eigenvalue weighted by atomic mass is 10.1. The quantitative estimate of drug-likeness (QED) is 0.741. The molecule has 1 aromatic heterocycles. The lowest BCUT2D eigenvalue weighted by molar-refractivity contribution is -0.126. The van der Waals surface area contributed by atoms with Gasteiger partial charge in [-0.05, 0) is 6.92 Å². The molecule has 1 unspecified atom stereocenters. The van der Waals surface area contributed by atoms with E-state index in [-0.39, 0.29) is 24.2 Å². The maximum absolute atomic E-state index is 11.7. The maximum atomic E-state index is 11.7. The van der Waals surface area contributed by atoms with Crippen molar-refractivity contribution in [3.8, 4) is 0 Å². The van der Waals surface area contributed by atoms with Crippen molar-refractivity contribution in [3.63, 3.8) is 0 Å². The van der Waals surface area contributed by atoms with Gasteiger partial charge in [0.1, 0.15) is 0 Å². The molecular weight excluding hydrogens is 220 g/mol. The number of nitrogens with zero attached hydrogens (tertiary/aromatic N) is 2. The highest BCUT2D eigenvalue weighted by molar-refractivity contribution is 5.89. The minimum atomic E-state index is -0.263. The number of carbonyl (C=O) groups excluding carboxylic acids is 2. The Morgan fingerprint density at radius 2 is 2.35 bits per heavy atom. The lowest BCUT2D eigenvalue weighted by Crippen LogP contribution is -2.31. The summed E-state index contributed by atoms with van der Waals surface area (Å²) in [6.07, 6.45) is 3.56. The Kier molecular flexibility index (Phi) is 3.32. The smallest absolute Gasteiger partial charge is 0.225 e. The Morgan fingerprint density at radius 3 is 2.94 bits per heavy atom. The molecule has 1 fully saturated rings. The average Bonchev–Trinajstić information content (AvgIpc) is 2.75. The molecule has 2 N–H and O–H groups in total. The van der Waals surface area contributed by atoms with Gasteiger partial charge in [-0.3, -0.25) is 19.6 Å². The van der Waals surface area contributed by atoms with E-state index in [1.165, 1.54) is 0 Å². The van der Waals surface area contributed by atoms with Gasteiger partial charge < -0.3 is 10.6 Å². The fourth-order valence-electron chi connectivity index (χ4n) is 1.62. The molecule has 0 radical (unpaired) electrons. The van der Waals surface area contributed by atoms with Gasteiger partial charge >= 0.3 is 0 Å². The van der Waals surface area contributed by atoms with Crippen LogP contribution in [0.3, 0.4) is 0 Å². The van der Waals surface area contributed by atoms with Gasteiger partial charge in [-0.25, -0.2) is 0 Å². The molecular formula is C11H14N4O2. The van der Waals surface area contributed by atoms with Gasteiger partial charge in [0.25, 0.3) is 0 Å². The summed E-state index contributed by atoms with van der Waals surface area (Å²) in [5, 5.41) is 5.38. The summed E-state index contributed by atoms with van der Waals surface area (Å²) in [6.45, 7) is 2.62. The second-order valence-electron chi connectivity index (χ2n) is 4.07. The molecule has 1 atom stereocenters. The van der Waals surface area contributed by atoms with Crippen LogP contribution in [0.25, 0.3) is 0 Å². The van der Waals surface area contributed by atoms with E-state index in [9.17, 15) is 9.59 Å². The molecule has 0 spiro atoms. The number of amides is 2. The van der Waals surface area contributed by atoms with Crippen LogP contribution in [-0.2, 0) is 16.1 Å². The normalized spacial score (nSPS) is 18.9. The monoisotopic (exact) mass is 234 g/mol. The molecule has 0 aromatic carbocycles. The van der Waals surface area contributed by atoms with Crippen molar-refractivity contribution in [3.05, 3.63) is 23.8 Å². The summed E-state index contributed by atoms with van der Waals surface area (Å²) >= 11 is 0. The first-order valence-corrected chi connectivity index (χ1v) is 5.47. The van der Waals surface area contributed by atoms with Gasteiger partial charge in [-0.1, -0.05) is 0 Å². The molecule has 1 aliphatic rings. The first-order chi connectivity index (χ1) is 8.15. The zero-order chi connectivity index (χ0) is 12.3. The standard InChI is InChI=1S/C11H14N4O2/c1-7-3-13-9(5-12-7)6-15-11(17)8-2-10(16)14-4-8/h3,5,8H,2,4,6H2,1H3,(H,14,16)(H,15,17). The second-order valence-corrected chi connectivity index (χ2v) is 4.07. The van der Waals surface area contributed by atoms with E-state index in [2.05, 4.69) is 20.6 Å². The first-order valence-electron chi connectivity index (χ1n) is 5.47. The summed E-state index contributed by atoms with van der Waals surface area (Å²) in [4.78, 5) is 30.9. The third kappa shape index (κ3) is 2.99. The highest BCUT2D eigenvalue weighted by Crippen LogP contribution is 2.08. The van der Waals surface area contributed by atoms with Crippen LogP contribution in [0.2, 0.25) is 0 Å².